The Bertz CT molecular complexity index is 708. The smallest absolute Gasteiger partial charge is 0.335 e. The van der Waals surface area contributed by atoms with Crippen LogP contribution in [0.15, 0.2) is 36.4 Å². The van der Waals surface area contributed by atoms with Crippen molar-refractivity contribution in [1.82, 2.24) is 0 Å². The first-order valence-electron chi connectivity index (χ1n) is 6.55. The van der Waals surface area contributed by atoms with Gasteiger partial charge in [0.1, 0.15) is 0 Å². The van der Waals surface area contributed by atoms with E-state index in [2.05, 4.69) is 0 Å². The molecule has 0 heterocycles. The van der Waals surface area contributed by atoms with Crippen LogP contribution in [0.25, 0.3) is 0 Å². The molecule has 0 atom stereocenters. The average Bonchev–Trinajstić information content (AvgIpc) is 2.43. The maximum Gasteiger partial charge on any atom is 0.335 e. The molecule has 0 bridgehead atoms. The molecule has 0 aliphatic carbocycles. The molecule has 108 valence electrons. The summed E-state index contributed by atoms with van der Waals surface area (Å²) < 4.78 is 0. The molecule has 0 radical (unpaired) electrons. The Kier molecular flexibility index (Phi) is 4.23. The molecule has 4 nitrogen and oxygen atoms in total. The van der Waals surface area contributed by atoms with Crippen molar-refractivity contribution < 1.29 is 19.8 Å². The molecule has 0 fully saturated rings. The standard InChI is InChI=1S/C16H16O4Si/c1-9-8-12(15(17)18)14(13(10(9)2)16(19)20)21-11-6-4-3-5-7-11/h3-8H,21H2,1-2H3,(H,17,18)(H,19,20). The molecule has 0 aliphatic heterocycles. The zero-order valence-corrected chi connectivity index (χ0v) is 13.3. The normalized spacial score (nSPS) is 11.0. The molecular weight excluding hydrogens is 284 g/mol. The molecule has 0 amide bonds. The van der Waals surface area contributed by atoms with Gasteiger partial charge in [0.15, 0.2) is 0 Å². The first-order chi connectivity index (χ1) is 9.91. The van der Waals surface area contributed by atoms with Gasteiger partial charge in [-0.05, 0) is 36.2 Å². The van der Waals surface area contributed by atoms with E-state index in [0.29, 0.717) is 16.3 Å². The minimum Gasteiger partial charge on any atom is -0.478 e. The first-order valence-corrected chi connectivity index (χ1v) is 7.96. The lowest BCUT2D eigenvalue weighted by molar-refractivity contribution is 0.0695. The quantitative estimate of drug-likeness (QED) is 0.820. The Hall–Kier alpha value is -2.40. The number of hydrogen-bond acceptors (Lipinski definition) is 2. The monoisotopic (exact) mass is 300 g/mol. The highest BCUT2D eigenvalue weighted by Gasteiger charge is 2.22. The van der Waals surface area contributed by atoms with Gasteiger partial charge < -0.3 is 10.2 Å². The summed E-state index contributed by atoms with van der Waals surface area (Å²) in [7, 11) is -1.18. The molecule has 0 saturated carbocycles. The van der Waals surface area contributed by atoms with Gasteiger partial charge in [-0.1, -0.05) is 35.5 Å². The molecule has 2 aromatic carbocycles. The van der Waals surface area contributed by atoms with Crippen molar-refractivity contribution in [2.45, 2.75) is 13.8 Å². The number of aryl methyl sites for hydroxylation is 1. The summed E-state index contributed by atoms with van der Waals surface area (Å²) >= 11 is 0. The predicted octanol–water partition coefficient (Wildman–Crippen LogP) is 0.819. The van der Waals surface area contributed by atoms with Gasteiger partial charge in [0, 0.05) is 0 Å². The largest absolute Gasteiger partial charge is 0.478 e. The van der Waals surface area contributed by atoms with Gasteiger partial charge >= 0.3 is 11.9 Å². The van der Waals surface area contributed by atoms with Crippen molar-refractivity contribution in [3.8, 4) is 0 Å². The van der Waals surface area contributed by atoms with E-state index in [-0.39, 0.29) is 11.1 Å². The lowest BCUT2D eigenvalue weighted by Gasteiger charge is -2.15. The molecule has 0 unspecified atom stereocenters. The zero-order valence-electron chi connectivity index (χ0n) is 11.9. The summed E-state index contributed by atoms with van der Waals surface area (Å²) in [6.45, 7) is 3.47. The topological polar surface area (TPSA) is 74.6 Å². The molecule has 0 spiro atoms. The minimum atomic E-state index is -1.18. The van der Waals surface area contributed by atoms with Crippen LogP contribution in [0.4, 0.5) is 0 Å². The number of carboxylic acids is 2. The highest BCUT2D eigenvalue weighted by Crippen LogP contribution is 2.15. The maximum atomic E-state index is 11.6. The fourth-order valence-corrected chi connectivity index (χ4v) is 4.39. The predicted molar refractivity (Wildman–Crippen MR) is 84.1 cm³/mol. The SMILES string of the molecule is Cc1cc(C(=O)O)c([SiH2]c2ccccc2)c(C(=O)O)c1C. The Labute approximate surface area is 124 Å². The second-order valence-electron chi connectivity index (χ2n) is 4.99. The fourth-order valence-electron chi connectivity index (χ4n) is 2.43. The number of aromatic carboxylic acids is 2. The van der Waals surface area contributed by atoms with Crippen molar-refractivity contribution in [3.63, 3.8) is 0 Å². The second-order valence-corrected chi connectivity index (χ2v) is 6.87. The molecule has 5 heteroatoms. The van der Waals surface area contributed by atoms with Crippen molar-refractivity contribution >= 4 is 31.8 Å². The Morgan fingerprint density at radius 3 is 2.14 bits per heavy atom. The van der Waals surface area contributed by atoms with E-state index in [9.17, 15) is 19.8 Å². The Morgan fingerprint density at radius 1 is 1.00 bits per heavy atom. The Balaban J connectivity index is 2.68. The van der Waals surface area contributed by atoms with Gasteiger partial charge in [0.2, 0.25) is 0 Å². The summed E-state index contributed by atoms with van der Waals surface area (Å²) in [6, 6.07) is 11.1. The van der Waals surface area contributed by atoms with Gasteiger partial charge in [0.05, 0.1) is 20.6 Å². The third-order valence-corrected chi connectivity index (χ3v) is 5.59. The van der Waals surface area contributed by atoms with Gasteiger partial charge in [-0.25, -0.2) is 9.59 Å². The summed E-state index contributed by atoms with van der Waals surface area (Å²) in [4.78, 5) is 23.1. The van der Waals surface area contributed by atoms with E-state index >= 15 is 0 Å². The van der Waals surface area contributed by atoms with Crippen molar-refractivity contribution in [2.75, 3.05) is 0 Å². The molecule has 2 aromatic rings. The van der Waals surface area contributed by atoms with Crippen LogP contribution in [0, 0.1) is 13.8 Å². The summed E-state index contributed by atoms with van der Waals surface area (Å²) in [5.41, 5.74) is 1.61. The lowest BCUT2D eigenvalue weighted by atomic mass is 9.99. The van der Waals surface area contributed by atoms with E-state index in [1.165, 1.54) is 0 Å². The number of benzene rings is 2. The summed E-state index contributed by atoms with van der Waals surface area (Å²) in [5.74, 6) is -2.13. The van der Waals surface area contributed by atoms with Crippen LogP contribution in [0.3, 0.4) is 0 Å². The molecule has 2 rings (SSSR count). The van der Waals surface area contributed by atoms with Crippen molar-refractivity contribution in [3.05, 3.63) is 58.7 Å². The first kappa shape index (κ1) is 15.0. The van der Waals surface area contributed by atoms with E-state index in [4.69, 9.17) is 0 Å². The van der Waals surface area contributed by atoms with Gasteiger partial charge in [-0.15, -0.1) is 0 Å². The van der Waals surface area contributed by atoms with Crippen molar-refractivity contribution in [1.29, 1.82) is 0 Å². The average molecular weight is 300 g/mol. The number of hydrogen-bond donors (Lipinski definition) is 2. The molecule has 21 heavy (non-hydrogen) atoms. The highest BCUT2D eigenvalue weighted by atomic mass is 28.2. The fraction of sp³-hybridized carbons (Fsp3) is 0.125. The van der Waals surface area contributed by atoms with Crippen molar-refractivity contribution in [2.24, 2.45) is 0 Å². The zero-order chi connectivity index (χ0) is 15.6. The van der Waals surface area contributed by atoms with E-state index in [1.54, 1.807) is 19.9 Å². The van der Waals surface area contributed by atoms with Crippen LogP contribution < -0.4 is 10.4 Å². The molecule has 0 aromatic heterocycles. The lowest BCUT2D eigenvalue weighted by Crippen LogP contribution is -2.37. The van der Waals surface area contributed by atoms with E-state index in [1.807, 2.05) is 30.3 Å². The number of carbonyl (C=O) groups is 2. The van der Waals surface area contributed by atoms with Gasteiger partial charge in [0.25, 0.3) is 0 Å². The molecule has 2 N–H and O–H groups in total. The third-order valence-electron chi connectivity index (χ3n) is 3.62. The second kappa shape index (κ2) is 5.93. The number of carboxylic acid groups (broad SMARTS) is 2. The summed E-state index contributed by atoms with van der Waals surface area (Å²) in [6.07, 6.45) is 0. The molecular formula is C16H16O4Si. The van der Waals surface area contributed by atoms with E-state index < -0.39 is 21.5 Å². The van der Waals surface area contributed by atoms with E-state index in [0.717, 1.165) is 5.19 Å². The van der Waals surface area contributed by atoms with Crippen LogP contribution in [-0.4, -0.2) is 31.7 Å². The summed E-state index contributed by atoms with van der Waals surface area (Å²) in [5, 5.41) is 20.4. The van der Waals surface area contributed by atoms with Gasteiger partial charge in [-0.2, -0.15) is 0 Å². The molecule has 0 saturated heterocycles. The minimum absolute atomic E-state index is 0.117. The molecule has 0 aliphatic rings. The maximum absolute atomic E-state index is 11.6. The number of rotatable bonds is 4. The van der Waals surface area contributed by atoms with Crippen LogP contribution in [-0.2, 0) is 0 Å². The third kappa shape index (κ3) is 3.03. The Morgan fingerprint density at radius 2 is 1.62 bits per heavy atom. The van der Waals surface area contributed by atoms with Crippen LogP contribution >= 0.6 is 0 Å². The van der Waals surface area contributed by atoms with Gasteiger partial charge in [-0.3, -0.25) is 0 Å². The van der Waals surface area contributed by atoms with Crippen LogP contribution in [0.5, 0.6) is 0 Å². The van der Waals surface area contributed by atoms with Crippen LogP contribution in [0.2, 0.25) is 0 Å². The highest BCUT2D eigenvalue weighted by molar-refractivity contribution is 6.69. The van der Waals surface area contributed by atoms with Crippen LogP contribution in [0.1, 0.15) is 31.8 Å².